The Labute approximate surface area is 236 Å². The van der Waals surface area contributed by atoms with Gasteiger partial charge in [-0.25, -0.2) is 10.2 Å². The molecule has 0 aromatic heterocycles. The van der Waals surface area contributed by atoms with E-state index in [9.17, 15) is 14.4 Å². The van der Waals surface area contributed by atoms with E-state index in [1.165, 1.54) is 24.4 Å². The van der Waals surface area contributed by atoms with Gasteiger partial charge in [-0.05, 0) is 66.7 Å². The van der Waals surface area contributed by atoms with Crippen LogP contribution < -0.4 is 15.5 Å². The zero-order valence-electron chi connectivity index (χ0n) is 19.5. The zero-order chi connectivity index (χ0) is 27.1. The van der Waals surface area contributed by atoms with E-state index in [2.05, 4.69) is 31.8 Å². The van der Waals surface area contributed by atoms with Crippen LogP contribution in [0, 0.1) is 0 Å². The number of nitrogens with one attached hydrogen (secondary N) is 2. The fraction of sp³-hybridized carbons (Fsp3) is 0. The van der Waals surface area contributed by atoms with Gasteiger partial charge in [0.15, 0.2) is 0 Å². The minimum Gasteiger partial charge on any atom is -0.422 e. The second kappa shape index (κ2) is 12.5. The minimum absolute atomic E-state index is 0.208. The van der Waals surface area contributed by atoms with E-state index in [1.54, 1.807) is 72.8 Å². The maximum atomic E-state index is 12.7. The van der Waals surface area contributed by atoms with Crippen LogP contribution in [0.5, 0.6) is 5.75 Å². The first-order chi connectivity index (χ1) is 18.3. The van der Waals surface area contributed by atoms with E-state index >= 15 is 0 Å². The number of esters is 1. The third-order valence-corrected chi connectivity index (χ3v) is 6.15. The maximum Gasteiger partial charge on any atom is 0.343 e. The van der Waals surface area contributed by atoms with Gasteiger partial charge in [-0.3, -0.25) is 9.59 Å². The van der Waals surface area contributed by atoms with Crippen LogP contribution in [-0.2, 0) is 0 Å². The number of nitrogens with zero attached hydrogens (tertiary/aromatic N) is 1. The van der Waals surface area contributed by atoms with Crippen molar-refractivity contribution in [3.05, 3.63) is 128 Å². The van der Waals surface area contributed by atoms with E-state index in [4.69, 9.17) is 27.9 Å². The lowest BCUT2D eigenvalue weighted by Gasteiger charge is -2.09. The summed E-state index contributed by atoms with van der Waals surface area (Å²) in [7, 11) is 0. The highest BCUT2D eigenvalue weighted by atomic mass is 79.9. The molecule has 190 valence electrons. The third kappa shape index (κ3) is 7.07. The minimum atomic E-state index is -0.523. The summed E-state index contributed by atoms with van der Waals surface area (Å²) in [4.78, 5) is 37.7. The number of halogens is 3. The van der Waals surface area contributed by atoms with Gasteiger partial charge in [-0.1, -0.05) is 63.4 Å². The number of rotatable bonds is 7. The lowest BCUT2D eigenvalue weighted by molar-refractivity contribution is 0.0734. The Morgan fingerprint density at radius 2 is 1.58 bits per heavy atom. The summed E-state index contributed by atoms with van der Waals surface area (Å²) in [6.45, 7) is 0. The lowest BCUT2D eigenvalue weighted by atomic mass is 10.1. The van der Waals surface area contributed by atoms with Crippen LogP contribution >= 0.6 is 39.1 Å². The van der Waals surface area contributed by atoms with Crippen molar-refractivity contribution in [1.29, 1.82) is 0 Å². The highest BCUT2D eigenvalue weighted by Crippen LogP contribution is 2.24. The Morgan fingerprint density at radius 3 is 2.34 bits per heavy atom. The number of amides is 2. The summed E-state index contributed by atoms with van der Waals surface area (Å²) in [5, 5.41) is 7.33. The van der Waals surface area contributed by atoms with Gasteiger partial charge in [-0.2, -0.15) is 5.10 Å². The molecule has 0 aliphatic carbocycles. The SMILES string of the molecule is O=C(NN=Cc1cc(Br)ccc1OC(=O)c1ccccc1)c1cccc(NC(=O)c2ccc(Cl)cc2Cl)c1. The van der Waals surface area contributed by atoms with Crippen LogP contribution in [-0.4, -0.2) is 24.0 Å². The van der Waals surface area contributed by atoms with Gasteiger partial charge >= 0.3 is 5.97 Å². The first-order valence-corrected chi connectivity index (χ1v) is 12.6. The molecule has 4 rings (SSSR count). The van der Waals surface area contributed by atoms with Gasteiger partial charge in [0.1, 0.15) is 5.75 Å². The molecule has 38 heavy (non-hydrogen) atoms. The molecule has 0 bridgehead atoms. The molecule has 4 aromatic rings. The molecule has 0 aliphatic rings. The molecule has 0 fully saturated rings. The molecule has 0 unspecified atom stereocenters. The van der Waals surface area contributed by atoms with Gasteiger partial charge in [0.25, 0.3) is 11.8 Å². The Balaban J connectivity index is 1.43. The summed E-state index contributed by atoms with van der Waals surface area (Å²) < 4.78 is 6.24. The summed E-state index contributed by atoms with van der Waals surface area (Å²) in [5.74, 6) is -1.22. The Bertz CT molecular complexity index is 1540. The van der Waals surface area contributed by atoms with E-state index in [0.29, 0.717) is 21.8 Å². The molecule has 0 spiro atoms. The van der Waals surface area contributed by atoms with Crippen molar-refractivity contribution in [3.63, 3.8) is 0 Å². The van der Waals surface area contributed by atoms with Gasteiger partial charge < -0.3 is 10.1 Å². The van der Waals surface area contributed by atoms with Gasteiger partial charge in [0, 0.05) is 26.3 Å². The molecule has 4 aromatic carbocycles. The summed E-state index contributed by atoms with van der Waals surface area (Å²) in [6, 6.07) is 24.5. The number of ether oxygens (including phenoxy) is 1. The van der Waals surface area contributed by atoms with Gasteiger partial charge in [0.05, 0.1) is 22.4 Å². The standard InChI is InChI=1S/C28H18BrCl2N3O4/c29-20-9-12-25(38-28(37)17-5-2-1-3-6-17)19(13-20)16-32-34-26(35)18-7-4-8-22(14-18)33-27(36)23-11-10-21(30)15-24(23)31/h1-16H,(H,33,36)(H,34,35). The number of anilines is 1. The molecule has 0 radical (unpaired) electrons. The van der Waals surface area contributed by atoms with E-state index in [-0.39, 0.29) is 21.9 Å². The van der Waals surface area contributed by atoms with Crippen molar-refractivity contribution in [2.45, 2.75) is 0 Å². The molecule has 2 amide bonds. The van der Waals surface area contributed by atoms with E-state index < -0.39 is 17.8 Å². The molecule has 0 heterocycles. The molecule has 2 N–H and O–H groups in total. The molecule has 7 nitrogen and oxygen atoms in total. The van der Waals surface area contributed by atoms with Crippen molar-refractivity contribution in [2.75, 3.05) is 5.32 Å². The molecule has 10 heteroatoms. The smallest absolute Gasteiger partial charge is 0.343 e. The second-order valence-corrected chi connectivity index (χ2v) is 9.56. The first kappa shape index (κ1) is 27.1. The number of carbonyl (C=O) groups is 3. The largest absolute Gasteiger partial charge is 0.422 e. The topological polar surface area (TPSA) is 96.9 Å². The van der Waals surface area contributed by atoms with E-state index in [1.807, 2.05) is 0 Å². The Morgan fingerprint density at radius 1 is 0.816 bits per heavy atom. The number of hydrogen-bond acceptors (Lipinski definition) is 5. The van der Waals surface area contributed by atoms with Crippen LogP contribution in [0.25, 0.3) is 0 Å². The van der Waals surface area contributed by atoms with Crippen LogP contribution in [0.1, 0.15) is 36.6 Å². The van der Waals surface area contributed by atoms with Crippen molar-refractivity contribution in [2.24, 2.45) is 5.10 Å². The van der Waals surface area contributed by atoms with Crippen LogP contribution in [0.3, 0.4) is 0 Å². The monoisotopic (exact) mass is 609 g/mol. The summed E-state index contributed by atoms with van der Waals surface area (Å²) in [5.41, 5.74) is 4.18. The highest BCUT2D eigenvalue weighted by Gasteiger charge is 2.14. The number of carbonyl (C=O) groups excluding carboxylic acids is 3. The highest BCUT2D eigenvalue weighted by molar-refractivity contribution is 9.10. The van der Waals surface area contributed by atoms with Crippen LogP contribution in [0.15, 0.2) is 101 Å². The number of hydrazone groups is 1. The third-order valence-electron chi connectivity index (χ3n) is 5.11. The van der Waals surface area contributed by atoms with Gasteiger partial charge in [-0.15, -0.1) is 0 Å². The van der Waals surface area contributed by atoms with Crippen LogP contribution in [0.4, 0.5) is 5.69 Å². The predicted molar refractivity (Wildman–Crippen MR) is 151 cm³/mol. The normalized spacial score (nSPS) is 10.7. The van der Waals surface area contributed by atoms with Crippen molar-refractivity contribution in [3.8, 4) is 5.75 Å². The molecule has 0 saturated carbocycles. The van der Waals surface area contributed by atoms with E-state index in [0.717, 1.165) is 4.47 Å². The maximum absolute atomic E-state index is 12.7. The number of hydrogen-bond donors (Lipinski definition) is 2. The number of benzene rings is 4. The second-order valence-electron chi connectivity index (χ2n) is 7.80. The summed E-state index contributed by atoms with van der Waals surface area (Å²) in [6.07, 6.45) is 1.37. The lowest BCUT2D eigenvalue weighted by Crippen LogP contribution is -2.18. The van der Waals surface area contributed by atoms with Crippen molar-refractivity contribution in [1.82, 2.24) is 5.43 Å². The predicted octanol–water partition coefficient (Wildman–Crippen LogP) is 6.99. The van der Waals surface area contributed by atoms with Crippen molar-refractivity contribution < 1.29 is 19.1 Å². The fourth-order valence-electron chi connectivity index (χ4n) is 3.28. The first-order valence-electron chi connectivity index (χ1n) is 11.1. The summed E-state index contributed by atoms with van der Waals surface area (Å²) >= 11 is 15.4. The van der Waals surface area contributed by atoms with Gasteiger partial charge in [0.2, 0.25) is 0 Å². The molecule has 0 aliphatic heterocycles. The molecule has 0 atom stereocenters. The van der Waals surface area contributed by atoms with Crippen LogP contribution in [0.2, 0.25) is 10.0 Å². The Kier molecular flexibility index (Phi) is 8.91. The zero-order valence-corrected chi connectivity index (χ0v) is 22.5. The fourth-order valence-corrected chi connectivity index (χ4v) is 4.15. The quantitative estimate of drug-likeness (QED) is 0.102. The molecular formula is C28H18BrCl2N3O4. The average Bonchev–Trinajstić information content (AvgIpc) is 2.90. The molecule has 0 saturated heterocycles. The van der Waals surface area contributed by atoms with Crippen molar-refractivity contribution >= 4 is 68.8 Å². The Hall–Kier alpha value is -3.98. The molecular weight excluding hydrogens is 593 g/mol. The average molecular weight is 611 g/mol.